The Balaban J connectivity index is 1.83. The van der Waals surface area contributed by atoms with Crippen molar-refractivity contribution in [1.29, 1.82) is 0 Å². The van der Waals surface area contributed by atoms with E-state index in [1.807, 2.05) is 19.1 Å². The lowest BCUT2D eigenvalue weighted by atomic mass is 10.2. The quantitative estimate of drug-likeness (QED) is 0.824. The Morgan fingerprint density at radius 1 is 1.19 bits per heavy atom. The number of furan rings is 1. The van der Waals surface area contributed by atoms with Gasteiger partial charge in [-0.3, -0.25) is 4.79 Å². The van der Waals surface area contributed by atoms with Crippen LogP contribution in [0.2, 0.25) is 0 Å². The normalized spacial score (nSPS) is 10.6. The summed E-state index contributed by atoms with van der Waals surface area (Å²) in [4.78, 5) is 11.4. The van der Waals surface area contributed by atoms with Gasteiger partial charge in [0.05, 0.1) is 13.1 Å². The molecule has 0 atom stereocenters. The topological polar surface area (TPSA) is 54.3 Å². The minimum Gasteiger partial charge on any atom is -0.460 e. The summed E-state index contributed by atoms with van der Waals surface area (Å²) >= 11 is 0. The summed E-state index contributed by atoms with van der Waals surface area (Å²) < 4.78 is 18.5. The molecule has 1 heterocycles. The predicted molar refractivity (Wildman–Crippen MR) is 79.1 cm³/mol. The highest BCUT2D eigenvalue weighted by molar-refractivity contribution is 5.77. The second-order valence-electron chi connectivity index (χ2n) is 4.73. The lowest BCUT2D eigenvalue weighted by Gasteiger charge is -2.04. The Morgan fingerprint density at radius 3 is 2.67 bits per heavy atom. The van der Waals surface area contributed by atoms with Gasteiger partial charge in [0.15, 0.2) is 0 Å². The zero-order chi connectivity index (χ0) is 15.1. The number of amides is 1. The first-order chi connectivity index (χ1) is 10.2. The van der Waals surface area contributed by atoms with E-state index in [0.29, 0.717) is 18.8 Å². The largest absolute Gasteiger partial charge is 0.460 e. The molecule has 1 aromatic carbocycles. The van der Waals surface area contributed by atoms with Crippen LogP contribution in [-0.4, -0.2) is 19.0 Å². The van der Waals surface area contributed by atoms with Crippen LogP contribution in [0.5, 0.6) is 0 Å². The molecule has 0 radical (unpaired) electrons. The highest BCUT2D eigenvalue weighted by Gasteiger charge is 2.06. The van der Waals surface area contributed by atoms with Gasteiger partial charge in [0.2, 0.25) is 5.91 Å². The van der Waals surface area contributed by atoms with Crippen LogP contribution in [0.15, 0.2) is 40.8 Å². The van der Waals surface area contributed by atoms with Crippen molar-refractivity contribution in [2.75, 3.05) is 13.1 Å². The zero-order valence-corrected chi connectivity index (χ0v) is 12.0. The van der Waals surface area contributed by atoms with Gasteiger partial charge in [-0.2, -0.15) is 0 Å². The maximum Gasteiger partial charge on any atom is 0.233 e. The molecule has 1 amide bonds. The molecule has 2 aromatic rings. The molecule has 0 fully saturated rings. The standard InChI is InChI=1S/C16H19FN2O2/c1-2-9-19-16(20)11-18-10-14-7-8-15(21-14)12-3-5-13(17)6-4-12/h3-8,18H,2,9-11H2,1H3,(H,19,20). The summed E-state index contributed by atoms with van der Waals surface area (Å²) in [5.41, 5.74) is 0.823. The first-order valence-corrected chi connectivity index (χ1v) is 7.01. The van der Waals surface area contributed by atoms with Crippen molar-refractivity contribution in [3.8, 4) is 11.3 Å². The second-order valence-corrected chi connectivity index (χ2v) is 4.73. The van der Waals surface area contributed by atoms with Crippen LogP contribution < -0.4 is 10.6 Å². The number of rotatable bonds is 7. The molecule has 0 spiro atoms. The van der Waals surface area contributed by atoms with Crippen molar-refractivity contribution in [1.82, 2.24) is 10.6 Å². The molecule has 4 nitrogen and oxygen atoms in total. The summed E-state index contributed by atoms with van der Waals surface area (Å²) in [5.74, 6) is 1.12. The van der Waals surface area contributed by atoms with Crippen LogP contribution in [-0.2, 0) is 11.3 Å². The Bertz CT molecular complexity index is 578. The van der Waals surface area contributed by atoms with Crippen LogP contribution in [0.25, 0.3) is 11.3 Å². The number of benzene rings is 1. The molecule has 0 bridgehead atoms. The molecule has 2 N–H and O–H groups in total. The monoisotopic (exact) mass is 290 g/mol. The van der Waals surface area contributed by atoms with E-state index in [9.17, 15) is 9.18 Å². The van der Waals surface area contributed by atoms with Crippen molar-refractivity contribution in [3.05, 3.63) is 48.0 Å². The molecule has 1 aromatic heterocycles. The molecule has 5 heteroatoms. The third kappa shape index (κ3) is 4.72. The van der Waals surface area contributed by atoms with Gasteiger partial charge in [0, 0.05) is 12.1 Å². The van der Waals surface area contributed by atoms with Gasteiger partial charge in [0.25, 0.3) is 0 Å². The first kappa shape index (κ1) is 15.3. The number of carbonyl (C=O) groups excluding carboxylic acids is 1. The number of nitrogens with one attached hydrogen (secondary N) is 2. The van der Waals surface area contributed by atoms with Crippen LogP contribution in [0.3, 0.4) is 0 Å². The van der Waals surface area contributed by atoms with Gasteiger partial charge in [-0.05, 0) is 42.8 Å². The lowest BCUT2D eigenvalue weighted by molar-refractivity contribution is -0.120. The summed E-state index contributed by atoms with van der Waals surface area (Å²) in [5, 5.41) is 5.81. The number of hydrogen-bond donors (Lipinski definition) is 2. The Hall–Kier alpha value is -2.14. The zero-order valence-electron chi connectivity index (χ0n) is 12.0. The fourth-order valence-corrected chi connectivity index (χ4v) is 1.87. The molecular formula is C16H19FN2O2. The fourth-order valence-electron chi connectivity index (χ4n) is 1.87. The molecular weight excluding hydrogens is 271 g/mol. The van der Waals surface area contributed by atoms with E-state index in [4.69, 9.17) is 4.42 Å². The predicted octanol–water partition coefficient (Wildman–Crippen LogP) is 2.70. The van der Waals surface area contributed by atoms with E-state index in [-0.39, 0.29) is 18.3 Å². The second kappa shape index (κ2) is 7.59. The molecule has 0 aliphatic carbocycles. The molecule has 0 aliphatic rings. The van der Waals surface area contributed by atoms with E-state index in [1.54, 1.807) is 12.1 Å². The Kier molecular flexibility index (Phi) is 5.51. The summed E-state index contributed by atoms with van der Waals surface area (Å²) in [6, 6.07) is 9.81. The van der Waals surface area contributed by atoms with Gasteiger partial charge >= 0.3 is 0 Å². The Morgan fingerprint density at radius 2 is 1.95 bits per heavy atom. The molecule has 21 heavy (non-hydrogen) atoms. The van der Waals surface area contributed by atoms with Gasteiger partial charge < -0.3 is 15.1 Å². The molecule has 0 unspecified atom stereocenters. The van der Waals surface area contributed by atoms with Crippen molar-refractivity contribution in [2.24, 2.45) is 0 Å². The van der Waals surface area contributed by atoms with E-state index in [2.05, 4.69) is 10.6 Å². The summed E-state index contributed by atoms with van der Waals surface area (Å²) in [6.07, 6.45) is 0.922. The minimum absolute atomic E-state index is 0.0258. The van der Waals surface area contributed by atoms with Crippen molar-refractivity contribution in [2.45, 2.75) is 19.9 Å². The number of hydrogen-bond acceptors (Lipinski definition) is 3. The SMILES string of the molecule is CCCNC(=O)CNCc1ccc(-c2ccc(F)cc2)o1. The average molecular weight is 290 g/mol. The van der Waals surface area contributed by atoms with E-state index >= 15 is 0 Å². The first-order valence-electron chi connectivity index (χ1n) is 7.01. The van der Waals surface area contributed by atoms with Crippen LogP contribution in [0, 0.1) is 5.82 Å². The lowest BCUT2D eigenvalue weighted by Crippen LogP contribution is -2.33. The third-order valence-corrected chi connectivity index (χ3v) is 2.95. The van der Waals surface area contributed by atoms with Crippen molar-refractivity contribution in [3.63, 3.8) is 0 Å². The number of carbonyl (C=O) groups is 1. The van der Waals surface area contributed by atoms with Gasteiger partial charge in [0.1, 0.15) is 17.3 Å². The van der Waals surface area contributed by atoms with Gasteiger partial charge in [-0.15, -0.1) is 0 Å². The highest BCUT2D eigenvalue weighted by atomic mass is 19.1. The highest BCUT2D eigenvalue weighted by Crippen LogP contribution is 2.22. The van der Waals surface area contributed by atoms with Crippen molar-refractivity contribution >= 4 is 5.91 Å². The smallest absolute Gasteiger partial charge is 0.233 e. The van der Waals surface area contributed by atoms with E-state index in [1.165, 1.54) is 12.1 Å². The third-order valence-electron chi connectivity index (χ3n) is 2.95. The van der Waals surface area contributed by atoms with Crippen LogP contribution >= 0.6 is 0 Å². The summed E-state index contributed by atoms with van der Waals surface area (Å²) in [7, 11) is 0. The summed E-state index contributed by atoms with van der Waals surface area (Å²) in [6.45, 7) is 3.43. The fraction of sp³-hybridized carbons (Fsp3) is 0.312. The average Bonchev–Trinajstić information content (AvgIpc) is 2.95. The van der Waals surface area contributed by atoms with Crippen LogP contribution in [0.1, 0.15) is 19.1 Å². The van der Waals surface area contributed by atoms with Crippen LogP contribution in [0.4, 0.5) is 4.39 Å². The van der Waals surface area contributed by atoms with E-state index < -0.39 is 0 Å². The van der Waals surface area contributed by atoms with Gasteiger partial charge in [-0.25, -0.2) is 4.39 Å². The van der Waals surface area contributed by atoms with Crippen molar-refractivity contribution < 1.29 is 13.6 Å². The van der Waals surface area contributed by atoms with E-state index in [0.717, 1.165) is 17.7 Å². The van der Waals surface area contributed by atoms with Gasteiger partial charge in [-0.1, -0.05) is 6.92 Å². The minimum atomic E-state index is -0.273. The molecule has 0 saturated carbocycles. The molecule has 2 rings (SSSR count). The maximum atomic E-state index is 12.9. The molecule has 0 aliphatic heterocycles. The molecule has 0 saturated heterocycles. The Labute approximate surface area is 123 Å². The molecule has 112 valence electrons. The maximum absolute atomic E-state index is 12.9. The number of halogens is 1.